The predicted octanol–water partition coefficient (Wildman–Crippen LogP) is 1.55. The van der Waals surface area contributed by atoms with E-state index >= 15 is 0 Å². The van der Waals surface area contributed by atoms with Gasteiger partial charge in [0, 0.05) is 19.2 Å². The summed E-state index contributed by atoms with van der Waals surface area (Å²) < 4.78 is 0. The Labute approximate surface area is 61.8 Å². The maximum Gasteiger partial charge on any atom is 0.226 e. The van der Waals surface area contributed by atoms with E-state index in [1.165, 1.54) is 4.90 Å². The fourth-order valence-corrected chi connectivity index (χ4v) is 0.534. The number of amides is 1. The highest BCUT2D eigenvalue weighted by Crippen LogP contribution is 2.00. The number of carbonyl (C=O) groups is 1. The first-order valence-corrected chi connectivity index (χ1v) is 3.21. The molecule has 0 radical (unpaired) electrons. The zero-order valence-corrected chi connectivity index (χ0v) is 6.55. The third-order valence-corrected chi connectivity index (χ3v) is 1.34. The van der Waals surface area contributed by atoms with Crippen LogP contribution >= 0.6 is 0 Å². The van der Waals surface area contributed by atoms with Crippen LogP contribution in [0.1, 0.15) is 13.3 Å². The van der Waals surface area contributed by atoms with Crippen LogP contribution in [0.4, 0.5) is 0 Å². The molecule has 0 rings (SSSR count). The SMILES string of the molecule is C=CC(=C)N(C)C(=O)CC. The Morgan fingerprint density at radius 2 is 2.20 bits per heavy atom. The first-order chi connectivity index (χ1) is 4.63. The molecule has 0 saturated carbocycles. The standard InChI is InChI=1S/C8H13NO/c1-5-7(3)9(4)8(10)6-2/h5H,1,3,6H2,2,4H3. The molecule has 1 amide bonds. The number of rotatable bonds is 3. The minimum Gasteiger partial charge on any atom is -0.316 e. The maximum atomic E-state index is 10.9. The van der Waals surface area contributed by atoms with E-state index in [9.17, 15) is 4.79 Å². The predicted molar refractivity (Wildman–Crippen MR) is 42.4 cm³/mol. The van der Waals surface area contributed by atoms with Gasteiger partial charge in [-0.15, -0.1) is 0 Å². The van der Waals surface area contributed by atoms with Gasteiger partial charge in [-0.3, -0.25) is 4.79 Å². The van der Waals surface area contributed by atoms with Gasteiger partial charge in [-0.05, 0) is 6.08 Å². The second-order valence-corrected chi connectivity index (χ2v) is 2.00. The molecule has 2 heteroatoms. The molecule has 0 aromatic carbocycles. The molecule has 0 aromatic rings. The monoisotopic (exact) mass is 139 g/mol. The lowest BCUT2D eigenvalue weighted by Gasteiger charge is -2.15. The second kappa shape index (κ2) is 3.88. The van der Waals surface area contributed by atoms with Gasteiger partial charge in [0.1, 0.15) is 0 Å². The lowest BCUT2D eigenvalue weighted by Crippen LogP contribution is -2.23. The van der Waals surface area contributed by atoms with Crippen molar-refractivity contribution in [3.05, 3.63) is 24.9 Å². The summed E-state index contributed by atoms with van der Waals surface area (Å²) in [4.78, 5) is 12.4. The van der Waals surface area contributed by atoms with Crippen LogP contribution in [0.25, 0.3) is 0 Å². The highest BCUT2D eigenvalue weighted by molar-refractivity contribution is 5.77. The molecule has 0 atom stereocenters. The van der Waals surface area contributed by atoms with Crippen molar-refractivity contribution in [3.8, 4) is 0 Å². The Hall–Kier alpha value is -1.05. The molecule has 0 aliphatic heterocycles. The van der Waals surface area contributed by atoms with Crippen molar-refractivity contribution in [1.29, 1.82) is 0 Å². The van der Waals surface area contributed by atoms with Gasteiger partial charge >= 0.3 is 0 Å². The molecule has 56 valence electrons. The molecule has 0 unspecified atom stereocenters. The van der Waals surface area contributed by atoms with Crippen LogP contribution in [0.15, 0.2) is 24.9 Å². The minimum atomic E-state index is 0.0601. The van der Waals surface area contributed by atoms with E-state index in [4.69, 9.17) is 0 Å². The van der Waals surface area contributed by atoms with Crippen molar-refractivity contribution in [3.63, 3.8) is 0 Å². The summed E-state index contributed by atoms with van der Waals surface area (Å²) in [6.07, 6.45) is 2.07. The summed E-state index contributed by atoms with van der Waals surface area (Å²) in [6, 6.07) is 0. The van der Waals surface area contributed by atoms with Crippen LogP contribution in [0.3, 0.4) is 0 Å². The molecule has 0 aliphatic carbocycles. The molecule has 0 aliphatic rings. The molecule has 0 fully saturated rings. The van der Waals surface area contributed by atoms with Crippen LogP contribution in [0, 0.1) is 0 Å². The largest absolute Gasteiger partial charge is 0.316 e. The molecule has 0 saturated heterocycles. The summed E-state index contributed by atoms with van der Waals surface area (Å²) in [6.45, 7) is 8.95. The Balaban J connectivity index is 4.06. The Morgan fingerprint density at radius 3 is 2.50 bits per heavy atom. The number of allylic oxidation sites excluding steroid dienone is 1. The van der Waals surface area contributed by atoms with Gasteiger partial charge in [-0.2, -0.15) is 0 Å². The average Bonchev–Trinajstić information content (AvgIpc) is 2.00. The minimum absolute atomic E-state index is 0.0601. The summed E-state index contributed by atoms with van der Waals surface area (Å²) in [5, 5.41) is 0. The topological polar surface area (TPSA) is 20.3 Å². The van der Waals surface area contributed by atoms with Crippen LogP contribution < -0.4 is 0 Å². The number of likely N-dealkylation sites (N-methyl/N-ethyl adjacent to an activating group) is 1. The van der Waals surface area contributed by atoms with Crippen molar-refractivity contribution >= 4 is 5.91 Å². The molecular weight excluding hydrogens is 126 g/mol. The molecule has 2 nitrogen and oxygen atoms in total. The van der Waals surface area contributed by atoms with Crippen molar-refractivity contribution in [2.24, 2.45) is 0 Å². The van der Waals surface area contributed by atoms with Gasteiger partial charge < -0.3 is 4.90 Å². The van der Waals surface area contributed by atoms with Crippen molar-refractivity contribution in [2.75, 3.05) is 7.05 Å². The molecule has 0 aromatic heterocycles. The smallest absolute Gasteiger partial charge is 0.226 e. The van der Waals surface area contributed by atoms with Crippen LogP contribution in [-0.4, -0.2) is 17.9 Å². The summed E-state index contributed by atoms with van der Waals surface area (Å²) in [5.41, 5.74) is 0.645. The number of hydrogen-bond acceptors (Lipinski definition) is 1. The Morgan fingerprint density at radius 1 is 1.70 bits per heavy atom. The van der Waals surface area contributed by atoms with E-state index in [2.05, 4.69) is 13.2 Å². The van der Waals surface area contributed by atoms with E-state index in [0.717, 1.165) is 0 Å². The van der Waals surface area contributed by atoms with Crippen molar-refractivity contribution < 1.29 is 4.79 Å². The summed E-state index contributed by atoms with van der Waals surface area (Å²) >= 11 is 0. The Bertz CT molecular complexity index is 161. The van der Waals surface area contributed by atoms with E-state index in [0.29, 0.717) is 12.1 Å². The van der Waals surface area contributed by atoms with Gasteiger partial charge in [0.2, 0.25) is 5.91 Å². The average molecular weight is 139 g/mol. The normalized spacial score (nSPS) is 8.60. The number of nitrogens with zero attached hydrogens (tertiary/aromatic N) is 1. The highest BCUT2D eigenvalue weighted by atomic mass is 16.2. The van der Waals surface area contributed by atoms with Crippen LogP contribution in [0.2, 0.25) is 0 Å². The summed E-state index contributed by atoms with van der Waals surface area (Å²) in [5.74, 6) is 0.0601. The molecule has 0 spiro atoms. The fraction of sp³-hybridized carbons (Fsp3) is 0.375. The van der Waals surface area contributed by atoms with Crippen LogP contribution in [0.5, 0.6) is 0 Å². The van der Waals surface area contributed by atoms with E-state index < -0.39 is 0 Å². The molecule has 0 N–H and O–H groups in total. The quantitative estimate of drug-likeness (QED) is 0.543. The summed E-state index contributed by atoms with van der Waals surface area (Å²) in [7, 11) is 1.69. The van der Waals surface area contributed by atoms with Crippen molar-refractivity contribution in [2.45, 2.75) is 13.3 Å². The molecule has 0 heterocycles. The third-order valence-electron chi connectivity index (χ3n) is 1.34. The lowest BCUT2D eigenvalue weighted by atomic mass is 10.3. The molecular formula is C8H13NO. The van der Waals surface area contributed by atoms with Gasteiger partial charge in [0.15, 0.2) is 0 Å². The second-order valence-electron chi connectivity index (χ2n) is 2.00. The van der Waals surface area contributed by atoms with E-state index in [1.807, 2.05) is 6.92 Å². The van der Waals surface area contributed by atoms with E-state index in [-0.39, 0.29) is 5.91 Å². The Kier molecular flexibility index (Phi) is 3.47. The fourth-order valence-electron chi connectivity index (χ4n) is 0.534. The van der Waals surface area contributed by atoms with Gasteiger partial charge in [0.25, 0.3) is 0 Å². The van der Waals surface area contributed by atoms with Gasteiger partial charge in [-0.1, -0.05) is 20.1 Å². The zero-order chi connectivity index (χ0) is 8.15. The molecule has 10 heavy (non-hydrogen) atoms. The van der Waals surface area contributed by atoms with Gasteiger partial charge in [0.05, 0.1) is 0 Å². The number of carbonyl (C=O) groups excluding carboxylic acids is 1. The lowest BCUT2D eigenvalue weighted by molar-refractivity contribution is -0.127. The first kappa shape index (κ1) is 8.95. The first-order valence-electron chi connectivity index (χ1n) is 3.21. The highest BCUT2D eigenvalue weighted by Gasteiger charge is 2.05. The maximum absolute atomic E-state index is 10.9. The third kappa shape index (κ3) is 2.05. The molecule has 0 bridgehead atoms. The number of hydrogen-bond donors (Lipinski definition) is 0. The van der Waals surface area contributed by atoms with Crippen LogP contribution in [-0.2, 0) is 4.79 Å². The zero-order valence-electron chi connectivity index (χ0n) is 6.55. The van der Waals surface area contributed by atoms with E-state index in [1.54, 1.807) is 13.1 Å². The van der Waals surface area contributed by atoms with Crippen molar-refractivity contribution in [1.82, 2.24) is 4.90 Å². The van der Waals surface area contributed by atoms with Gasteiger partial charge in [-0.25, -0.2) is 0 Å².